The molecule has 9 nitrogen and oxygen atoms in total. The number of esters is 2. The molecule has 0 aliphatic rings. The summed E-state index contributed by atoms with van der Waals surface area (Å²) >= 11 is 0. The molecule has 44 heavy (non-hydrogen) atoms. The number of nitrogens with two attached hydrogens (primary N) is 1. The van der Waals surface area contributed by atoms with Crippen molar-refractivity contribution in [3.8, 4) is 0 Å². The van der Waals surface area contributed by atoms with Gasteiger partial charge in [0.15, 0.2) is 6.10 Å². The number of hydrogen-bond acceptors (Lipinski definition) is 8. The van der Waals surface area contributed by atoms with Crippen LogP contribution in [0.4, 0.5) is 0 Å². The van der Waals surface area contributed by atoms with Crippen molar-refractivity contribution < 1.29 is 37.6 Å². The molecule has 0 saturated heterocycles. The van der Waals surface area contributed by atoms with E-state index in [1.54, 1.807) is 0 Å². The number of rotatable bonds is 34. The van der Waals surface area contributed by atoms with E-state index >= 15 is 0 Å². The van der Waals surface area contributed by atoms with Gasteiger partial charge in [0.1, 0.15) is 6.61 Å². The molecule has 0 aromatic rings. The summed E-state index contributed by atoms with van der Waals surface area (Å²) < 4.78 is 32.6. The van der Waals surface area contributed by atoms with Crippen LogP contribution in [0.25, 0.3) is 0 Å². The van der Waals surface area contributed by atoms with Crippen molar-refractivity contribution in [1.29, 1.82) is 0 Å². The first-order valence-electron chi connectivity index (χ1n) is 18.0. The summed E-state index contributed by atoms with van der Waals surface area (Å²) in [6, 6.07) is 0. The molecule has 0 aromatic heterocycles. The van der Waals surface area contributed by atoms with Crippen LogP contribution in [0.5, 0.6) is 0 Å². The standard InChI is InChI=1S/C34H68NO8P/c1-3-5-7-9-11-13-15-17-19-21-23-25-27-34(37)43-32(31-42-44(38,39)41-29-28-35)30-40-33(36)26-24-22-20-18-16-14-12-10-8-6-4-2/h32H,3-31,35H2,1-2H3,(H,38,39)/t32-/m1/s1. The van der Waals surface area contributed by atoms with Crippen molar-refractivity contribution in [2.24, 2.45) is 5.73 Å². The summed E-state index contributed by atoms with van der Waals surface area (Å²) in [5, 5.41) is 0. The molecule has 3 N–H and O–H groups in total. The molecule has 0 aliphatic heterocycles. The first kappa shape index (κ1) is 43.0. The third-order valence-corrected chi connectivity index (χ3v) is 8.73. The summed E-state index contributed by atoms with van der Waals surface area (Å²) in [5.74, 6) is -0.822. The van der Waals surface area contributed by atoms with Crippen molar-refractivity contribution in [1.82, 2.24) is 0 Å². The molecule has 2 atom stereocenters. The van der Waals surface area contributed by atoms with Gasteiger partial charge in [0, 0.05) is 19.4 Å². The monoisotopic (exact) mass is 649 g/mol. The van der Waals surface area contributed by atoms with Gasteiger partial charge in [-0.25, -0.2) is 4.57 Å². The van der Waals surface area contributed by atoms with Crippen LogP contribution < -0.4 is 5.73 Å². The van der Waals surface area contributed by atoms with E-state index in [1.165, 1.54) is 109 Å². The van der Waals surface area contributed by atoms with Gasteiger partial charge in [-0.2, -0.15) is 0 Å². The summed E-state index contributed by atoms with van der Waals surface area (Å²) in [7, 11) is -4.36. The predicted molar refractivity (Wildman–Crippen MR) is 178 cm³/mol. The van der Waals surface area contributed by atoms with Gasteiger partial charge in [-0.3, -0.25) is 18.6 Å². The Kier molecular flexibility index (Phi) is 31.3. The molecule has 10 heteroatoms. The van der Waals surface area contributed by atoms with Crippen molar-refractivity contribution in [2.75, 3.05) is 26.4 Å². The van der Waals surface area contributed by atoms with E-state index in [2.05, 4.69) is 13.8 Å². The zero-order valence-electron chi connectivity index (χ0n) is 28.4. The Balaban J connectivity index is 4.23. The van der Waals surface area contributed by atoms with Gasteiger partial charge in [0.2, 0.25) is 0 Å². The molecule has 0 amide bonds. The van der Waals surface area contributed by atoms with Crippen LogP contribution in [-0.4, -0.2) is 49.3 Å². The fourth-order valence-electron chi connectivity index (χ4n) is 5.05. The molecule has 0 heterocycles. The largest absolute Gasteiger partial charge is 0.472 e. The lowest BCUT2D eigenvalue weighted by Crippen LogP contribution is -2.29. The second kappa shape index (κ2) is 32.0. The maximum Gasteiger partial charge on any atom is 0.472 e. The Morgan fingerprint density at radius 1 is 0.591 bits per heavy atom. The Morgan fingerprint density at radius 3 is 1.39 bits per heavy atom. The maximum absolute atomic E-state index is 12.5. The molecular weight excluding hydrogens is 581 g/mol. The molecule has 0 aliphatic carbocycles. The molecule has 0 fully saturated rings. The summed E-state index contributed by atoms with van der Waals surface area (Å²) in [5.41, 5.74) is 5.32. The molecule has 0 spiro atoms. The molecule has 262 valence electrons. The van der Waals surface area contributed by atoms with Crippen LogP contribution in [-0.2, 0) is 32.7 Å². The molecule has 0 saturated carbocycles. The smallest absolute Gasteiger partial charge is 0.462 e. The van der Waals surface area contributed by atoms with Gasteiger partial charge in [-0.1, -0.05) is 149 Å². The van der Waals surface area contributed by atoms with E-state index in [0.717, 1.165) is 32.1 Å². The van der Waals surface area contributed by atoms with Gasteiger partial charge >= 0.3 is 19.8 Å². The SMILES string of the molecule is CCCCCCCCCCCCCCC(=O)O[C@H](COC(=O)CCCCCCCCCCCCC)COP(=O)(O)OCCN. The van der Waals surface area contributed by atoms with Gasteiger partial charge in [0.25, 0.3) is 0 Å². The van der Waals surface area contributed by atoms with Gasteiger partial charge in [0.05, 0.1) is 13.2 Å². The van der Waals surface area contributed by atoms with E-state index in [1.807, 2.05) is 0 Å². The van der Waals surface area contributed by atoms with Gasteiger partial charge < -0.3 is 20.1 Å². The Hall–Kier alpha value is -0.990. The zero-order chi connectivity index (χ0) is 32.6. The van der Waals surface area contributed by atoms with Crippen LogP contribution in [0, 0.1) is 0 Å². The topological polar surface area (TPSA) is 134 Å². The van der Waals surface area contributed by atoms with Crippen LogP contribution >= 0.6 is 7.82 Å². The number of carbonyl (C=O) groups excluding carboxylic acids is 2. The normalized spacial score (nSPS) is 13.5. The summed E-state index contributed by atoms with van der Waals surface area (Å²) in [6.07, 6.45) is 27.0. The molecule has 0 rings (SSSR count). The number of unbranched alkanes of at least 4 members (excludes halogenated alkanes) is 21. The molecular formula is C34H68NO8P. The quantitative estimate of drug-likeness (QED) is 0.0397. The van der Waals surface area contributed by atoms with E-state index in [0.29, 0.717) is 6.42 Å². The highest BCUT2D eigenvalue weighted by Crippen LogP contribution is 2.43. The first-order valence-corrected chi connectivity index (χ1v) is 19.5. The number of phosphoric ester groups is 1. The van der Waals surface area contributed by atoms with Crippen LogP contribution in [0.3, 0.4) is 0 Å². The zero-order valence-corrected chi connectivity index (χ0v) is 29.3. The second-order valence-electron chi connectivity index (χ2n) is 12.1. The average molecular weight is 650 g/mol. The molecule has 0 radical (unpaired) electrons. The average Bonchev–Trinajstić information content (AvgIpc) is 3.00. The summed E-state index contributed by atoms with van der Waals surface area (Å²) in [6.45, 7) is 3.72. The minimum Gasteiger partial charge on any atom is -0.462 e. The molecule has 0 aromatic carbocycles. The first-order chi connectivity index (χ1) is 21.3. The highest BCUT2D eigenvalue weighted by Gasteiger charge is 2.25. The lowest BCUT2D eigenvalue weighted by molar-refractivity contribution is -0.161. The number of phosphoric acid groups is 1. The number of ether oxygens (including phenoxy) is 2. The van der Waals surface area contributed by atoms with E-state index < -0.39 is 26.5 Å². The Morgan fingerprint density at radius 2 is 0.977 bits per heavy atom. The predicted octanol–water partition coefficient (Wildman–Crippen LogP) is 9.33. The molecule has 0 bridgehead atoms. The summed E-state index contributed by atoms with van der Waals surface area (Å²) in [4.78, 5) is 34.6. The van der Waals surface area contributed by atoms with Crippen molar-refractivity contribution in [2.45, 2.75) is 180 Å². The highest BCUT2D eigenvalue weighted by atomic mass is 31.2. The third kappa shape index (κ3) is 31.0. The second-order valence-corrected chi connectivity index (χ2v) is 13.6. The van der Waals surface area contributed by atoms with Crippen molar-refractivity contribution in [3.63, 3.8) is 0 Å². The minimum absolute atomic E-state index is 0.0576. The molecule has 1 unspecified atom stereocenters. The van der Waals surface area contributed by atoms with Gasteiger partial charge in [-0.05, 0) is 12.8 Å². The number of hydrogen-bond donors (Lipinski definition) is 2. The Labute approximate surface area is 269 Å². The van der Waals surface area contributed by atoms with E-state index in [-0.39, 0.29) is 38.6 Å². The fraction of sp³-hybridized carbons (Fsp3) is 0.941. The third-order valence-electron chi connectivity index (χ3n) is 7.74. The van der Waals surface area contributed by atoms with Crippen molar-refractivity contribution >= 4 is 19.8 Å². The Bertz CT molecular complexity index is 709. The lowest BCUT2D eigenvalue weighted by Gasteiger charge is -2.19. The van der Waals surface area contributed by atoms with Gasteiger partial charge in [-0.15, -0.1) is 0 Å². The van der Waals surface area contributed by atoms with E-state index in [4.69, 9.17) is 24.3 Å². The van der Waals surface area contributed by atoms with Crippen LogP contribution in [0.15, 0.2) is 0 Å². The fourth-order valence-corrected chi connectivity index (χ4v) is 5.81. The highest BCUT2D eigenvalue weighted by molar-refractivity contribution is 7.47. The van der Waals surface area contributed by atoms with E-state index in [9.17, 15) is 19.0 Å². The minimum atomic E-state index is -4.36. The number of carbonyl (C=O) groups is 2. The van der Waals surface area contributed by atoms with Crippen LogP contribution in [0.1, 0.15) is 174 Å². The lowest BCUT2D eigenvalue weighted by atomic mass is 10.0. The van der Waals surface area contributed by atoms with Crippen molar-refractivity contribution in [3.05, 3.63) is 0 Å². The maximum atomic E-state index is 12.5. The van der Waals surface area contributed by atoms with Crippen LogP contribution in [0.2, 0.25) is 0 Å².